The van der Waals surface area contributed by atoms with Crippen LogP contribution in [-0.2, 0) is 6.54 Å². The summed E-state index contributed by atoms with van der Waals surface area (Å²) in [4.78, 5) is 0. The molecule has 0 saturated carbocycles. The van der Waals surface area contributed by atoms with Gasteiger partial charge in [0.25, 0.3) is 0 Å². The van der Waals surface area contributed by atoms with Gasteiger partial charge in [-0.3, -0.25) is 4.68 Å². The van der Waals surface area contributed by atoms with E-state index in [1.54, 1.807) is 10.9 Å². The lowest BCUT2D eigenvalue weighted by molar-refractivity contribution is 0.161. The van der Waals surface area contributed by atoms with Crippen LogP contribution in [0.15, 0.2) is 41.3 Å². The highest BCUT2D eigenvalue weighted by Gasteiger charge is 2.07. The Hall–Kier alpha value is -1.44. The highest BCUT2D eigenvalue weighted by molar-refractivity contribution is 9.10. The zero-order chi connectivity index (χ0) is 13.9. The number of nitrogens with zero attached hydrogens (tertiary/aromatic N) is 3. The summed E-state index contributed by atoms with van der Waals surface area (Å²) in [6, 6.07) is 6.07. The molecule has 1 atom stereocenters. The lowest BCUT2D eigenvalue weighted by Gasteiger charge is -2.12. The Morgan fingerprint density at radius 2 is 2.30 bits per heavy atom. The first-order valence-corrected chi connectivity index (χ1v) is 7.72. The van der Waals surface area contributed by atoms with Crippen molar-refractivity contribution in [2.24, 2.45) is 0 Å². The van der Waals surface area contributed by atoms with Crippen molar-refractivity contribution < 1.29 is 5.11 Å². The number of halogens is 1. The van der Waals surface area contributed by atoms with Crippen LogP contribution in [0.4, 0.5) is 5.69 Å². The summed E-state index contributed by atoms with van der Waals surface area (Å²) in [7, 11) is 0. The number of rotatable bonds is 5. The van der Waals surface area contributed by atoms with Gasteiger partial charge in [0.1, 0.15) is 0 Å². The zero-order valence-electron chi connectivity index (χ0n) is 10.5. The Morgan fingerprint density at radius 3 is 3.10 bits per heavy atom. The molecule has 2 heterocycles. The lowest BCUT2D eigenvalue weighted by atomic mass is 10.2. The van der Waals surface area contributed by atoms with E-state index in [2.05, 4.69) is 30.7 Å². The second-order valence-corrected chi connectivity index (χ2v) is 6.24. The third kappa shape index (κ3) is 3.17. The molecular formula is C13H13BrN4OS. The molecule has 104 valence electrons. The molecule has 3 rings (SSSR count). The summed E-state index contributed by atoms with van der Waals surface area (Å²) >= 11 is 4.80. The normalized spacial score (nSPS) is 12.7. The number of fused-ring (bicyclic) bond motifs is 1. The van der Waals surface area contributed by atoms with Gasteiger partial charge in [0.05, 0.1) is 28.0 Å². The second kappa shape index (κ2) is 5.90. The summed E-state index contributed by atoms with van der Waals surface area (Å²) in [6.45, 7) is 0.934. The Labute approximate surface area is 128 Å². The van der Waals surface area contributed by atoms with Gasteiger partial charge in [-0.25, -0.2) is 0 Å². The van der Waals surface area contributed by atoms with E-state index in [0.717, 1.165) is 20.2 Å². The molecule has 0 spiro atoms. The van der Waals surface area contributed by atoms with Gasteiger partial charge in [-0.15, -0.1) is 0 Å². The van der Waals surface area contributed by atoms with Crippen molar-refractivity contribution in [2.75, 3.05) is 11.9 Å². The molecular weight excluding hydrogens is 340 g/mol. The first kappa shape index (κ1) is 13.5. The number of aliphatic hydroxyl groups is 1. The molecule has 0 aliphatic heterocycles. The van der Waals surface area contributed by atoms with Crippen LogP contribution < -0.4 is 5.32 Å². The smallest absolute Gasteiger partial charge is 0.0907 e. The number of nitrogens with one attached hydrogen (secondary N) is 1. The molecule has 7 heteroatoms. The molecule has 0 saturated heterocycles. The maximum Gasteiger partial charge on any atom is 0.0907 e. The van der Waals surface area contributed by atoms with Crippen LogP contribution in [0.1, 0.15) is 0 Å². The summed E-state index contributed by atoms with van der Waals surface area (Å²) in [5.74, 6) is 0. The average Bonchev–Trinajstić information content (AvgIpc) is 3.04. The fourth-order valence-electron chi connectivity index (χ4n) is 1.92. The SMILES string of the molecule is OC(CNc1ccc2cnsc2c1)Cn1cc(Br)cn1. The molecule has 0 bridgehead atoms. The summed E-state index contributed by atoms with van der Waals surface area (Å²) in [5.41, 5.74) is 0.988. The van der Waals surface area contributed by atoms with Gasteiger partial charge in [-0.1, -0.05) is 0 Å². The van der Waals surface area contributed by atoms with Crippen molar-refractivity contribution in [3.63, 3.8) is 0 Å². The Kier molecular flexibility index (Phi) is 4.00. The van der Waals surface area contributed by atoms with E-state index in [1.165, 1.54) is 11.5 Å². The van der Waals surface area contributed by atoms with Crippen LogP contribution in [0.5, 0.6) is 0 Å². The highest BCUT2D eigenvalue weighted by Crippen LogP contribution is 2.22. The van der Waals surface area contributed by atoms with E-state index in [4.69, 9.17) is 0 Å². The third-order valence-corrected chi connectivity index (χ3v) is 4.07. The summed E-state index contributed by atoms with van der Waals surface area (Å²) < 4.78 is 7.91. The molecule has 20 heavy (non-hydrogen) atoms. The Morgan fingerprint density at radius 1 is 1.40 bits per heavy atom. The Bertz CT molecular complexity index is 711. The van der Waals surface area contributed by atoms with E-state index in [1.807, 2.05) is 30.6 Å². The van der Waals surface area contributed by atoms with Gasteiger partial charge in [0.15, 0.2) is 0 Å². The molecule has 0 aliphatic rings. The van der Waals surface area contributed by atoms with Gasteiger partial charge in [-0.2, -0.15) is 9.47 Å². The number of anilines is 1. The van der Waals surface area contributed by atoms with Crippen LogP contribution in [0.25, 0.3) is 10.1 Å². The average molecular weight is 353 g/mol. The zero-order valence-corrected chi connectivity index (χ0v) is 12.9. The maximum atomic E-state index is 10.00. The third-order valence-electron chi connectivity index (χ3n) is 2.90. The van der Waals surface area contributed by atoms with E-state index in [9.17, 15) is 5.11 Å². The van der Waals surface area contributed by atoms with Gasteiger partial charge in [0.2, 0.25) is 0 Å². The molecule has 0 aliphatic carbocycles. The topological polar surface area (TPSA) is 63.0 Å². The molecule has 3 aromatic rings. The van der Waals surface area contributed by atoms with Crippen molar-refractivity contribution in [3.05, 3.63) is 41.3 Å². The van der Waals surface area contributed by atoms with Crippen LogP contribution in [0.3, 0.4) is 0 Å². The van der Waals surface area contributed by atoms with Crippen molar-refractivity contribution in [3.8, 4) is 0 Å². The minimum absolute atomic E-state index is 0.460. The first-order chi connectivity index (χ1) is 9.70. The minimum atomic E-state index is -0.501. The first-order valence-electron chi connectivity index (χ1n) is 6.15. The highest BCUT2D eigenvalue weighted by atomic mass is 79.9. The van der Waals surface area contributed by atoms with Crippen molar-refractivity contribution in [2.45, 2.75) is 12.6 Å². The molecule has 0 amide bonds. The van der Waals surface area contributed by atoms with Gasteiger partial charge in [-0.05, 0) is 45.7 Å². The summed E-state index contributed by atoms with van der Waals surface area (Å²) in [5, 5.41) is 18.5. The number of benzene rings is 1. The fraction of sp³-hybridized carbons (Fsp3) is 0.231. The molecule has 1 unspecified atom stereocenters. The molecule has 0 fully saturated rings. The van der Waals surface area contributed by atoms with Crippen LogP contribution in [0, 0.1) is 0 Å². The van der Waals surface area contributed by atoms with Crippen LogP contribution >= 0.6 is 27.5 Å². The predicted octanol–water partition coefficient (Wildman–Crippen LogP) is 2.73. The van der Waals surface area contributed by atoms with E-state index < -0.39 is 6.10 Å². The quantitative estimate of drug-likeness (QED) is 0.740. The molecule has 0 radical (unpaired) electrons. The summed E-state index contributed by atoms with van der Waals surface area (Å²) in [6.07, 6.45) is 4.90. The van der Waals surface area contributed by atoms with E-state index in [0.29, 0.717) is 13.1 Å². The van der Waals surface area contributed by atoms with E-state index in [-0.39, 0.29) is 0 Å². The maximum absolute atomic E-state index is 10.00. The second-order valence-electron chi connectivity index (χ2n) is 4.49. The van der Waals surface area contributed by atoms with Crippen molar-refractivity contribution in [1.82, 2.24) is 14.2 Å². The lowest BCUT2D eigenvalue weighted by Crippen LogP contribution is -2.25. The predicted molar refractivity (Wildman–Crippen MR) is 84.0 cm³/mol. The number of aliphatic hydroxyl groups excluding tert-OH is 1. The molecule has 2 aromatic heterocycles. The number of aromatic nitrogens is 3. The van der Waals surface area contributed by atoms with Crippen molar-refractivity contribution in [1.29, 1.82) is 0 Å². The van der Waals surface area contributed by atoms with Gasteiger partial charge < -0.3 is 10.4 Å². The standard InChI is InChI=1S/C13H13BrN4OS/c14-10-5-16-18(7-10)8-12(19)6-15-11-2-1-9-4-17-20-13(9)3-11/h1-5,7,12,15,19H,6,8H2. The largest absolute Gasteiger partial charge is 0.389 e. The molecule has 2 N–H and O–H groups in total. The van der Waals surface area contributed by atoms with Crippen LogP contribution in [0.2, 0.25) is 0 Å². The van der Waals surface area contributed by atoms with E-state index >= 15 is 0 Å². The van der Waals surface area contributed by atoms with Gasteiger partial charge in [0, 0.05) is 30.0 Å². The molecule has 1 aromatic carbocycles. The van der Waals surface area contributed by atoms with Crippen LogP contribution in [-0.4, -0.2) is 31.9 Å². The number of hydrogen-bond acceptors (Lipinski definition) is 5. The molecule has 5 nitrogen and oxygen atoms in total. The van der Waals surface area contributed by atoms with Crippen molar-refractivity contribution >= 4 is 43.2 Å². The van der Waals surface area contributed by atoms with Gasteiger partial charge >= 0.3 is 0 Å². The minimum Gasteiger partial charge on any atom is -0.389 e. The monoisotopic (exact) mass is 352 g/mol. The fourth-order valence-corrected chi connectivity index (χ4v) is 2.94. The Balaban J connectivity index is 1.58. The number of hydrogen-bond donors (Lipinski definition) is 2.